The number of aliphatic carboxylic acids is 3. The van der Waals surface area contributed by atoms with Crippen LogP contribution in [0.5, 0.6) is 0 Å². The van der Waals surface area contributed by atoms with Crippen molar-refractivity contribution in [2.24, 2.45) is 0 Å². The van der Waals surface area contributed by atoms with Gasteiger partial charge in [-0.05, 0) is 0 Å². The van der Waals surface area contributed by atoms with E-state index in [1.807, 2.05) is 18.7 Å². The van der Waals surface area contributed by atoms with E-state index in [9.17, 15) is 39.3 Å². The summed E-state index contributed by atoms with van der Waals surface area (Å²) < 4.78 is 10.3. The van der Waals surface area contributed by atoms with E-state index < -0.39 is 17.9 Å². The molecule has 0 saturated carbocycles. The van der Waals surface area contributed by atoms with Gasteiger partial charge in [0.25, 0.3) is 0 Å². The Morgan fingerprint density at radius 3 is 1.36 bits per heavy atom. The van der Waals surface area contributed by atoms with Gasteiger partial charge in [0.2, 0.25) is 5.91 Å². The molecule has 0 radical (unpaired) electrons. The molecule has 0 aromatic carbocycles. The minimum Gasteiger partial charge on any atom is -0.480 e. The summed E-state index contributed by atoms with van der Waals surface area (Å²) in [6.07, 6.45) is 0.647. The van der Waals surface area contributed by atoms with Gasteiger partial charge in [-0.15, -0.1) is 0 Å². The lowest BCUT2D eigenvalue weighted by atomic mass is 10.3. The fourth-order valence-corrected chi connectivity index (χ4v) is 3.66. The van der Waals surface area contributed by atoms with Crippen LogP contribution >= 0.6 is 0 Å². The van der Waals surface area contributed by atoms with Crippen LogP contribution < -0.4 is 5.32 Å². The molecule has 1 aliphatic rings. The van der Waals surface area contributed by atoms with Crippen molar-refractivity contribution in [2.75, 3.05) is 112 Å². The van der Waals surface area contributed by atoms with Gasteiger partial charge in [-0.2, -0.15) is 0 Å². The lowest BCUT2D eigenvalue weighted by molar-refractivity contribution is -0.140. The second-order valence-electron chi connectivity index (χ2n) is 8.49. The number of hydrogen-bond acceptors (Lipinski definition) is 11. The first-order valence-corrected chi connectivity index (χ1v) is 13.1. The van der Waals surface area contributed by atoms with Gasteiger partial charge < -0.3 is 34.9 Å². The quantitative estimate of drug-likeness (QED) is 0.117. The van der Waals surface area contributed by atoms with E-state index in [1.54, 1.807) is 14.7 Å². The van der Waals surface area contributed by atoms with Crippen molar-refractivity contribution in [2.45, 2.75) is 13.8 Å². The first-order valence-electron chi connectivity index (χ1n) is 13.1. The summed E-state index contributed by atoms with van der Waals surface area (Å²) in [7, 11) is 0. The van der Waals surface area contributed by atoms with Gasteiger partial charge in [0.15, 0.2) is 0 Å². The molecule has 4 N–H and O–H groups in total. The molecular weight excluding hydrogens is 518 g/mol. The number of nitrogens with zero attached hydrogens (tertiary/aromatic N) is 4. The van der Waals surface area contributed by atoms with Crippen molar-refractivity contribution in [1.82, 2.24) is 24.9 Å². The van der Waals surface area contributed by atoms with Crippen LogP contribution in [0.1, 0.15) is 13.8 Å². The SMILES string of the molecule is CC.O=CCOCCOCCNC(=O)CN1CCN(CC(=O)O)CCN(CC(=O)O)CCN(CC(=O)O)CC1. The van der Waals surface area contributed by atoms with Crippen LogP contribution in [0.15, 0.2) is 0 Å². The van der Waals surface area contributed by atoms with E-state index in [0.717, 1.165) is 0 Å². The molecule has 1 heterocycles. The Hall–Kier alpha value is -2.69. The van der Waals surface area contributed by atoms with Crippen LogP contribution in [0.25, 0.3) is 0 Å². The number of carboxylic acids is 3. The van der Waals surface area contributed by atoms with Crippen LogP contribution in [0.4, 0.5) is 0 Å². The molecule has 0 bridgehead atoms. The monoisotopic (exact) mass is 563 g/mol. The zero-order chi connectivity index (χ0) is 29.5. The van der Waals surface area contributed by atoms with E-state index in [2.05, 4.69) is 5.32 Å². The molecule has 1 fully saturated rings. The van der Waals surface area contributed by atoms with Crippen LogP contribution in [0, 0.1) is 0 Å². The fraction of sp³-hybridized carbons (Fsp3) is 0.792. The average molecular weight is 564 g/mol. The molecule has 1 saturated heterocycles. The second-order valence-corrected chi connectivity index (χ2v) is 8.49. The molecular formula is C24H45N5O10. The number of carbonyl (C=O) groups excluding carboxylic acids is 2. The molecule has 0 aliphatic carbocycles. The van der Waals surface area contributed by atoms with Gasteiger partial charge in [0.05, 0.1) is 46.0 Å². The van der Waals surface area contributed by atoms with Crippen molar-refractivity contribution in [1.29, 1.82) is 0 Å². The van der Waals surface area contributed by atoms with E-state index in [1.165, 1.54) is 0 Å². The van der Waals surface area contributed by atoms with Gasteiger partial charge in [0.1, 0.15) is 12.9 Å². The Morgan fingerprint density at radius 2 is 1.00 bits per heavy atom. The first-order chi connectivity index (χ1) is 18.7. The van der Waals surface area contributed by atoms with Crippen LogP contribution in [-0.4, -0.2) is 177 Å². The Labute approximate surface area is 229 Å². The van der Waals surface area contributed by atoms with Crippen molar-refractivity contribution >= 4 is 30.1 Å². The molecule has 0 unspecified atom stereocenters. The van der Waals surface area contributed by atoms with E-state index in [0.29, 0.717) is 65.3 Å². The van der Waals surface area contributed by atoms with E-state index in [-0.39, 0.29) is 58.5 Å². The largest absolute Gasteiger partial charge is 0.480 e. The highest BCUT2D eigenvalue weighted by atomic mass is 16.5. The summed E-state index contributed by atoms with van der Waals surface area (Å²) in [5.74, 6) is -3.29. The number of nitrogens with one attached hydrogen (secondary N) is 1. The third-order valence-corrected chi connectivity index (χ3v) is 5.50. The topological polar surface area (TPSA) is 189 Å². The fourth-order valence-electron chi connectivity index (χ4n) is 3.66. The maximum atomic E-state index is 12.5. The third kappa shape index (κ3) is 20.9. The maximum Gasteiger partial charge on any atom is 0.317 e. The highest BCUT2D eigenvalue weighted by Crippen LogP contribution is 2.01. The highest BCUT2D eigenvalue weighted by Gasteiger charge is 2.21. The molecule has 39 heavy (non-hydrogen) atoms. The first kappa shape index (κ1) is 36.3. The maximum absolute atomic E-state index is 12.5. The average Bonchev–Trinajstić information content (AvgIpc) is 2.87. The Bertz CT molecular complexity index is 695. The highest BCUT2D eigenvalue weighted by molar-refractivity contribution is 5.78. The van der Waals surface area contributed by atoms with E-state index >= 15 is 0 Å². The summed E-state index contributed by atoms with van der Waals surface area (Å²) in [6.45, 7) is 7.11. The lowest BCUT2D eigenvalue weighted by Gasteiger charge is -2.32. The smallest absolute Gasteiger partial charge is 0.317 e. The molecule has 226 valence electrons. The predicted octanol–water partition coefficient (Wildman–Crippen LogP) is -2.16. The van der Waals surface area contributed by atoms with Crippen molar-refractivity contribution in [3.63, 3.8) is 0 Å². The molecule has 1 aliphatic heterocycles. The number of hydrogen-bond donors (Lipinski definition) is 4. The van der Waals surface area contributed by atoms with Gasteiger partial charge in [-0.1, -0.05) is 13.8 Å². The van der Waals surface area contributed by atoms with E-state index in [4.69, 9.17) is 9.47 Å². The summed E-state index contributed by atoms with van der Waals surface area (Å²) in [4.78, 5) is 63.4. The molecule has 1 amide bonds. The normalized spacial score (nSPS) is 16.7. The van der Waals surface area contributed by atoms with Crippen molar-refractivity contribution < 1.29 is 48.8 Å². The second kappa shape index (κ2) is 23.2. The minimum atomic E-state index is -1.02. The molecule has 1 rings (SSSR count). The molecule has 15 heteroatoms. The summed E-state index contributed by atoms with van der Waals surface area (Å²) >= 11 is 0. The molecule has 15 nitrogen and oxygen atoms in total. The number of aldehydes is 1. The minimum absolute atomic E-state index is 0.00427. The summed E-state index contributed by atoms with van der Waals surface area (Å²) in [5, 5.41) is 30.5. The van der Waals surface area contributed by atoms with Crippen LogP contribution in [-0.2, 0) is 33.4 Å². The number of rotatable bonds is 16. The molecule has 0 atom stereocenters. The number of carboxylic acid groups (broad SMARTS) is 3. The zero-order valence-corrected chi connectivity index (χ0v) is 23.1. The zero-order valence-electron chi connectivity index (χ0n) is 23.1. The number of carbonyl (C=O) groups is 5. The standard InChI is InChI=1S/C22H39N5O10.C2H6/c28-10-12-37-14-13-36-11-1-23-19(29)15-24-2-4-25(16-20(30)31)6-8-27(18-22(34)35)9-7-26(5-3-24)17-21(32)33;1-2/h10H,1-9,11-18H2,(H,23,29)(H,30,31)(H,32,33)(H,34,35);1-2H3. The van der Waals surface area contributed by atoms with Crippen molar-refractivity contribution in [3.8, 4) is 0 Å². The molecule has 0 spiro atoms. The summed E-state index contributed by atoms with van der Waals surface area (Å²) in [6, 6.07) is 0. The summed E-state index contributed by atoms with van der Waals surface area (Å²) in [5.41, 5.74) is 0. The van der Waals surface area contributed by atoms with Gasteiger partial charge >= 0.3 is 17.9 Å². The number of ether oxygens (including phenoxy) is 2. The van der Waals surface area contributed by atoms with Crippen LogP contribution in [0.2, 0.25) is 0 Å². The van der Waals surface area contributed by atoms with Gasteiger partial charge in [-0.25, -0.2) is 0 Å². The Balaban J connectivity index is 0.00000704. The Kier molecular flexibility index (Phi) is 21.6. The van der Waals surface area contributed by atoms with Crippen LogP contribution in [0.3, 0.4) is 0 Å². The third-order valence-electron chi connectivity index (χ3n) is 5.50. The lowest BCUT2D eigenvalue weighted by Crippen LogP contribution is -2.50. The predicted molar refractivity (Wildman–Crippen MR) is 141 cm³/mol. The number of amides is 1. The van der Waals surface area contributed by atoms with Crippen molar-refractivity contribution in [3.05, 3.63) is 0 Å². The van der Waals surface area contributed by atoms with Gasteiger partial charge in [-0.3, -0.25) is 38.8 Å². The Morgan fingerprint density at radius 1 is 0.641 bits per heavy atom. The van der Waals surface area contributed by atoms with Gasteiger partial charge in [0, 0.05) is 58.9 Å². The molecule has 0 aromatic rings. The molecule has 0 aromatic heterocycles.